The maximum Gasteiger partial charge on any atom is 0.220 e. The lowest BCUT2D eigenvalue weighted by Crippen LogP contribution is -2.52. The third-order valence-electron chi connectivity index (χ3n) is 5.98. The summed E-state index contributed by atoms with van der Waals surface area (Å²) in [4.78, 5) is 14.3. The van der Waals surface area contributed by atoms with Crippen LogP contribution in [0.25, 0.3) is 0 Å². The second-order valence-corrected chi connectivity index (χ2v) is 7.87. The van der Waals surface area contributed by atoms with E-state index in [9.17, 15) is 18.0 Å². The van der Waals surface area contributed by atoms with E-state index in [0.29, 0.717) is 25.1 Å². The topological polar surface area (TPSA) is 32.3 Å². The van der Waals surface area contributed by atoms with Crippen molar-refractivity contribution in [3.05, 3.63) is 71.0 Å². The molecule has 2 aromatic carbocycles. The number of hydrogen-bond donors (Lipinski definition) is 1. The van der Waals surface area contributed by atoms with Crippen molar-refractivity contribution in [1.29, 1.82) is 0 Å². The zero-order valence-corrected chi connectivity index (χ0v) is 15.6. The lowest BCUT2D eigenvalue weighted by molar-refractivity contribution is -0.122. The van der Waals surface area contributed by atoms with Gasteiger partial charge in [0.2, 0.25) is 5.91 Å². The number of carbonyl (C=O) groups is 1. The standard InChI is InChI=1S/C22H23F3N2O/c23-18-8-2-1-7-16(18)17-13-27(12-15-6-5-9-19(24)21(15)25)14-22(17)11-4-3-10-20(28)26-22/h1-2,5-9,17H,3-4,10-14H2,(H,26,28)/t17-,22+/m0/s1. The van der Waals surface area contributed by atoms with Crippen LogP contribution in [0.15, 0.2) is 42.5 Å². The van der Waals surface area contributed by atoms with Gasteiger partial charge in [0.25, 0.3) is 0 Å². The maximum atomic E-state index is 14.6. The molecular formula is C22H23F3N2O. The summed E-state index contributed by atoms with van der Waals surface area (Å²) < 4.78 is 42.4. The molecule has 0 aromatic heterocycles. The minimum absolute atomic E-state index is 0.0300. The molecule has 1 N–H and O–H groups in total. The molecule has 2 atom stereocenters. The molecular weight excluding hydrogens is 365 g/mol. The number of hydrogen-bond acceptors (Lipinski definition) is 2. The van der Waals surface area contributed by atoms with Gasteiger partial charge < -0.3 is 5.32 Å². The first-order valence-electron chi connectivity index (χ1n) is 9.69. The van der Waals surface area contributed by atoms with E-state index in [1.54, 1.807) is 24.3 Å². The Bertz CT molecular complexity index is 888. The van der Waals surface area contributed by atoms with Gasteiger partial charge in [0.05, 0.1) is 5.54 Å². The molecule has 2 aliphatic rings. The van der Waals surface area contributed by atoms with E-state index in [-0.39, 0.29) is 29.8 Å². The minimum Gasteiger partial charge on any atom is -0.349 e. The molecule has 0 bridgehead atoms. The summed E-state index contributed by atoms with van der Waals surface area (Å²) in [6.45, 7) is 1.16. The van der Waals surface area contributed by atoms with Gasteiger partial charge in [-0.25, -0.2) is 13.2 Å². The highest BCUT2D eigenvalue weighted by atomic mass is 19.2. The van der Waals surface area contributed by atoms with E-state index in [1.165, 1.54) is 12.1 Å². The number of benzene rings is 2. The highest BCUT2D eigenvalue weighted by Crippen LogP contribution is 2.42. The summed E-state index contributed by atoms with van der Waals surface area (Å²) in [5, 5.41) is 3.16. The maximum absolute atomic E-state index is 14.6. The Morgan fingerprint density at radius 2 is 1.82 bits per heavy atom. The van der Waals surface area contributed by atoms with E-state index in [4.69, 9.17) is 0 Å². The van der Waals surface area contributed by atoms with Crippen molar-refractivity contribution in [1.82, 2.24) is 10.2 Å². The Balaban J connectivity index is 1.68. The molecule has 2 aliphatic heterocycles. The van der Waals surface area contributed by atoms with Crippen LogP contribution in [0.1, 0.15) is 42.7 Å². The van der Waals surface area contributed by atoms with Crippen LogP contribution >= 0.6 is 0 Å². The molecule has 2 saturated heterocycles. The van der Waals surface area contributed by atoms with E-state index in [0.717, 1.165) is 25.3 Å². The fourth-order valence-corrected chi connectivity index (χ4v) is 4.70. The quantitative estimate of drug-likeness (QED) is 0.858. The second kappa shape index (κ2) is 7.59. The first-order chi connectivity index (χ1) is 13.5. The molecule has 4 rings (SSSR count). The summed E-state index contributed by atoms with van der Waals surface area (Å²) >= 11 is 0. The van der Waals surface area contributed by atoms with Gasteiger partial charge in [0.1, 0.15) is 5.82 Å². The molecule has 3 nitrogen and oxygen atoms in total. The number of amides is 1. The van der Waals surface area contributed by atoms with Crippen LogP contribution < -0.4 is 5.32 Å². The van der Waals surface area contributed by atoms with Crippen molar-refractivity contribution in [2.75, 3.05) is 13.1 Å². The van der Waals surface area contributed by atoms with Crippen LogP contribution in [0.3, 0.4) is 0 Å². The normalized spacial score (nSPS) is 25.7. The average molecular weight is 388 g/mol. The number of nitrogens with zero attached hydrogens (tertiary/aromatic N) is 1. The minimum atomic E-state index is -0.875. The molecule has 28 heavy (non-hydrogen) atoms. The van der Waals surface area contributed by atoms with Crippen LogP contribution in [-0.2, 0) is 11.3 Å². The Hall–Kier alpha value is -2.34. The van der Waals surface area contributed by atoms with Crippen molar-refractivity contribution in [2.24, 2.45) is 0 Å². The first kappa shape index (κ1) is 19.0. The van der Waals surface area contributed by atoms with Crippen LogP contribution in [0.4, 0.5) is 13.2 Å². The Kier molecular flexibility index (Phi) is 5.15. The third-order valence-corrected chi connectivity index (χ3v) is 5.98. The number of rotatable bonds is 3. The molecule has 1 spiro atoms. The lowest BCUT2D eigenvalue weighted by atomic mass is 9.78. The van der Waals surface area contributed by atoms with Gasteiger partial charge in [0.15, 0.2) is 11.6 Å². The molecule has 2 heterocycles. The lowest BCUT2D eigenvalue weighted by Gasteiger charge is -2.35. The fraction of sp³-hybridized carbons (Fsp3) is 0.409. The highest BCUT2D eigenvalue weighted by Gasteiger charge is 2.49. The van der Waals surface area contributed by atoms with Crippen molar-refractivity contribution in [3.63, 3.8) is 0 Å². The van der Waals surface area contributed by atoms with E-state index >= 15 is 0 Å². The molecule has 2 fully saturated rings. The van der Waals surface area contributed by atoms with Crippen molar-refractivity contribution in [3.8, 4) is 0 Å². The van der Waals surface area contributed by atoms with Gasteiger partial charge in [-0.1, -0.05) is 36.8 Å². The molecule has 1 amide bonds. The monoisotopic (exact) mass is 388 g/mol. The SMILES string of the molecule is O=C1CCCC[C@]2(CN(Cc3cccc(F)c3F)C[C@H]2c2ccccc2F)N1. The average Bonchev–Trinajstić information content (AvgIpc) is 2.88. The Labute approximate surface area is 162 Å². The zero-order valence-electron chi connectivity index (χ0n) is 15.6. The Morgan fingerprint density at radius 1 is 1.04 bits per heavy atom. The predicted molar refractivity (Wildman–Crippen MR) is 100 cm³/mol. The highest BCUT2D eigenvalue weighted by molar-refractivity contribution is 5.77. The first-order valence-corrected chi connectivity index (χ1v) is 9.69. The number of halogens is 3. The summed E-state index contributed by atoms with van der Waals surface area (Å²) in [5.74, 6) is -2.30. The molecule has 2 aromatic rings. The number of nitrogens with one attached hydrogen (secondary N) is 1. The van der Waals surface area contributed by atoms with Gasteiger partial charge in [-0.3, -0.25) is 9.69 Å². The second-order valence-electron chi connectivity index (χ2n) is 7.87. The molecule has 0 unspecified atom stereocenters. The molecule has 148 valence electrons. The van der Waals surface area contributed by atoms with Crippen LogP contribution in [-0.4, -0.2) is 29.4 Å². The third kappa shape index (κ3) is 3.53. The molecule has 0 saturated carbocycles. The molecule has 6 heteroatoms. The van der Waals surface area contributed by atoms with Gasteiger partial charge in [0, 0.05) is 37.5 Å². The smallest absolute Gasteiger partial charge is 0.220 e. The predicted octanol–water partition coefficient (Wildman–Crippen LogP) is 4.13. The number of carbonyl (C=O) groups excluding carboxylic acids is 1. The zero-order chi connectivity index (χ0) is 19.7. The van der Waals surface area contributed by atoms with Gasteiger partial charge in [-0.2, -0.15) is 0 Å². The van der Waals surface area contributed by atoms with E-state index < -0.39 is 17.2 Å². The summed E-state index contributed by atoms with van der Waals surface area (Å²) in [5.41, 5.74) is 0.232. The van der Waals surface area contributed by atoms with Crippen LogP contribution in [0, 0.1) is 17.5 Å². The van der Waals surface area contributed by atoms with Crippen molar-refractivity contribution in [2.45, 2.75) is 43.7 Å². The van der Waals surface area contributed by atoms with Crippen LogP contribution in [0.2, 0.25) is 0 Å². The summed E-state index contributed by atoms with van der Waals surface area (Å²) in [7, 11) is 0. The number of likely N-dealkylation sites (tertiary alicyclic amines) is 1. The fourth-order valence-electron chi connectivity index (χ4n) is 4.70. The molecule has 0 aliphatic carbocycles. The van der Waals surface area contributed by atoms with Crippen molar-refractivity contribution < 1.29 is 18.0 Å². The molecule has 0 radical (unpaired) electrons. The van der Waals surface area contributed by atoms with Gasteiger partial charge >= 0.3 is 0 Å². The van der Waals surface area contributed by atoms with Gasteiger partial charge in [-0.05, 0) is 30.5 Å². The van der Waals surface area contributed by atoms with Gasteiger partial charge in [-0.15, -0.1) is 0 Å². The summed E-state index contributed by atoms with van der Waals surface area (Å²) in [6.07, 6.45) is 2.87. The Morgan fingerprint density at radius 3 is 2.64 bits per heavy atom. The van der Waals surface area contributed by atoms with Crippen LogP contribution in [0.5, 0.6) is 0 Å². The van der Waals surface area contributed by atoms with E-state index in [2.05, 4.69) is 5.32 Å². The van der Waals surface area contributed by atoms with E-state index in [1.807, 2.05) is 4.90 Å². The summed E-state index contributed by atoms with van der Waals surface area (Å²) in [6, 6.07) is 10.8. The van der Waals surface area contributed by atoms with Crippen molar-refractivity contribution >= 4 is 5.91 Å². The largest absolute Gasteiger partial charge is 0.349 e.